The Morgan fingerprint density at radius 1 is 1.12 bits per heavy atom. The SMILES string of the molecule is COc1ccc(C(=O)CCCC(=O)NC2CCCCC2C(F)(F)F)cc1. The van der Waals surface area contributed by atoms with Crippen molar-refractivity contribution in [3.05, 3.63) is 29.8 Å². The Kier molecular flexibility index (Phi) is 7.06. The van der Waals surface area contributed by atoms with Gasteiger partial charge in [0.15, 0.2) is 5.78 Å². The Hall–Kier alpha value is -2.05. The molecule has 0 aliphatic heterocycles. The van der Waals surface area contributed by atoms with E-state index in [2.05, 4.69) is 5.32 Å². The molecule has 1 N–H and O–H groups in total. The number of halogens is 3. The largest absolute Gasteiger partial charge is 0.497 e. The maximum absolute atomic E-state index is 13.0. The molecule has 0 saturated heterocycles. The average molecular weight is 371 g/mol. The molecular formula is C19H24F3NO3. The third-order valence-electron chi connectivity index (χ3n) is 4.75. The number of alkyl halides is 3. The Morgan fingerprint density at radius 3 is 2.38 bits per heavy atom. The predicted octanol–water partition coefficient (Wildman–Crippen LogP) is 4.29. The van der Waals surface area contributed by atoms with Crippen molar-refractivity contribution in [3.8, 4) is 5.75 Å². The van der Waals surface area contributed by atoms with Crippen LogP contribution < -0.4 is 10.1 Å². The van der Waals surface area contributed by atoms with E-state index in [9.17, 15) is 22.8 Å². The van der Waals surface area contributed by atoms with E-state index in [0.29, 0.717) is 37.0 Å². The lowest BCUT2D eigenvalue weighted by Crippen LogP contribution is -2.47. The van der Waals surface area contributed by atoms with Crippen LogP contribution in [0.3, 0.4) is 0 Å². The summed E-state index contributed by atoms with van der Waals surface area (Å²) in [5, 5.41) is 2.52. The van der Waals surface area contributed by atoms with Gasteiger partial charge in [-0.25, -0.2) is 0 Å². The van der Waals surface area contributed by atoms with E-state index >= 15 is 0 Å². The number of hydrogen-bond acceptors (Lipinski definition) is 3. The molecule has 0 radical (unpaired) electrons. The molecule has 2 unspecified atom stereocenters. The van der Waals surface area contributed by atoms with Gasteiger partial charge in [-0.05, 0) is 43.5 Å². The number of methoxy groups -OCH3 is 1. The van der Waals surface area contributed by atoms with Crippen LogP contribution in [-0.2, 0) is 4.79 Å². The third kappa shape index (κ3) is 5.75. The van der Waals surface area contributed by atoms with Crippen molar-refractivity contribution >= 4 is 11.7 Å². The molecule has 7 heteroatoms. The second kappa shape index (κ2) is 9.05. The van der Waals surface area contributed by atoms with E-state index in [1.807, 2.05) is 0 Å². The number of carbonyl (C=O) groups excluding carboxylic acids is 2. The number of Topliss-reactive ketones (excluding diaryl/α,β-unsaturated/α-hetero) is 1. The van der Waals surface area contributed by atoms with Gasteiger partial charge in [-0.15, -0.1) is 0 Å². The summed E-state index contributed by atoms with van der Waals surface area (Å²) in [7, 11) is 1.53. The normalized spacial score (nSPS) is 20.5. The monoisotopic (exact) mass is 371 g/mol. The van der Waals surface area contributed by atoms with Crippen molar-refractivity contribution in [3.63, 3.8) is 0 Å². The van der Waals surface area contributed by atoms with Crippen LogP contribution in [0.5, 0.6) is 5.75 Å². The summed E-state index contributed by atoms with van der Waals surface area (Å²) < 4.78 is 44.1. The summed E-state index contributed by atoms with van der Waals surface area (Å²) in [6.07, 6.45) is -2.13. The van der Waals surface area contributed by atoms with Gasteiger partial charge < -0.3 is 10.1 Å². The zero-order valence-electron chi connectivity index (χ0n) is 14.8. The maximum atomic E-state index is 13.0. The first kappa shape index (κ1) is 20.3. The van der Waals surface area contributed by atoms with E-state index in [1.165, 1.54) is 7.11 Å². The molecule has 1 aliphatic carbocycles. The van der Waals surface area contributed by atoms with Gasteiger partial charge >= 0.3 is 6.18 Å². The minimum absolute atomic E-state index is 0.0446. The topological polar surface area (TPSA) is 55.4 Å². The van der Waals surface area contributed by atoms with E-state index in [-0.39, 0.29) is 25.0 Å². The molecule has 1 aliphatic rings. The zero-order valence-corrected chi connectivity index (χ0v) is 14.8. The molecular weight excluding hydrogens is 347 g/mol. The van der Waals surface area contributed by atoms with E-state index < -0.39 is 24.0 Å². The summed E-state index contributed by atoms with van der Waals surface area (Å²) in [6.45, 7) is 0. The highest BCUT2D eigenvalue weighted by Crippen LogP contribution is 2.37. The molecule has 26 heavy (non-hydrogen) atoms. The van der Waals surface area contributed by atoms with Gasteiger partial charge in [-0.3, -0.25) is 9.59 Å². The number of carbonyl (C=O) groups is 2. The van der Waals surface area contributed by atoms with Crippen LogP contribution in [-0.4, -0.2) is 31.0 Å². The van der Waals surface area contributed by atoms with E-state index in [0.717, 1.165) is 0 Å². The lowest BCUT2D eigenvalue weighted by atomic mass is 9.84. The fourth-order valence-electron chi connectivity index (χ4n) is 3.31. The first-order valence-electron chi connectivity index (χ1n) is 8.84. The second-order valence-electron chi connectivity index (χ2n) is 6.61. The standard InChI is InChI=1S/C19H24F3NO3/c1-26-14-11-9-13(10-12-14)17(24)7-4-8-18(25)23-16-6-3-2-5-15(16)19(20,21)22/h9-12,15-16H,2-8H2,1H3,(H,23,25). The highest BCUT2D eigenvalue weighted by Gasteiger charge is 2.45. The van der Waals surface area contributed by atoms with Crippen molar-refractivity contribution < 1.29 is 27.5 Å². The summed E-state index contributed by atoms with van der Waals surface area (Å²) in [5.74, 6) is -1.35. The van der Waals surface area contributed by atoms with E-state index in [4.69, 9.17) is 4.74 Å². The molecule has 2 atom stereocenters. The van der Waals surface area contributed by atoms with Gasteiger partial charge in [0.1, 0.15) is 5.75 Å². The van der Waals surface area contributed by atoms with Crippen molar-refractivity contribution in [2.75, 3.05) is 7.11 Å². The molecule has 1 aromatic rings. The number of hydrogen-bond donors (Lipinski definition) is 1. The van der Waals surface area contributed by atoms with Crippen LogP contribution in [0.4, 0.5) is 13.2 Å². The predicted molar refractivity (Wildman–Crippen MR) is 91.1 cm³/mol. The van der Waals surface area contributed by atoms with E-state index in [1.54, 1.807) is 24.3 Å². The highest BCUT2D eigenvalue weighted by atomic mass is 19.4. The van der Waals surface area contributed by atoms with Crippen molar-refractivity contribution in [1.29, 1.82) is 0 Å². The molecule has 0 spiro atoms. The quantitative estimate of drug-likeness (QED) is 0.728. The molecule has 0 heterocycles. The lowest BCUT2D eigenvalue weighted by molar-refractivity contribution is -0.189. The Labute approximate surface area is 151 Å². The molecule has 0 bridgehead atoms. The third-order valence-corrected chi connectivity index (χ3v) is 4.75. The summed E-state index contributed by atoms with van der Waals surface area (Å²) in [5.41, 5.74) is 0.524. The van der Waals surface area contributed by atoms with Crippen LogP contribution in [0.1, 0.15) is 55.3 Å². The number of ether oxygens (including phenoxy) is 1. The van der Waals surface area contributed by atoms with Crippen LogP contribution >= 0.6 is 0 Å². The lowest BCUT2D eigenvalue weighted by Gasteiger charge is -2.33. The molecule has 4 nitrogen and oxygen atoms in total. The molecule has 144 valence electrons. The number of rotatable bonds is 7. The number of benzene rings is 1. The van der Waals surface area contributed by atoms with Gasteiger partial charge in [0.25, 0.3) is 0 Å². The van der Waals surface area contributed by atoms with Crippen LogP contribution in [0.2, 0.25) is 0 Å². The van der Waals surface area contributed by atoms with Crippen LogP contribution in [0, 0.1) is 5.92 Å². The Bertz CT molecular complexity index is 613. The van der Waals surface area contributed by atoms with Gasteiger partial charge in [0, 0.05) is 24.4 Å². The van der Waals surface area contributed by atoms with Crippen LogP contribution in [0.15, 0.2) is 24.3 Å². The Morgan fingerprint density at radius 2 is 1.77 bits per heavy atom. The molecule has 0 aromatic heterocycles. The van der Waals surface area contributed by atoms with Crippen molar-refractivity contribution in [1.82, 2.24) is 5.32 Å². The van der Waals surface area contributed by atoms with Gasteiger partial charge in [0.2, 0.25) is 5.91 Å². The Balaban J connectivity index is 1.78. The van der Waals surface area contributed by atoms with Gasteiger partial charge in [0.05, 0.1) is 13.0 Å². The number of nitrogens with one attached hydrogen (secondary N) is 1. The summed E-state index contributed by atoms with van der Waals surface area (Å²) >= 11 is 0. The average Bonchev–Trinajstić information content (AvgIpc) is 2.61. The van der Waals surface area contributed by atoms with Crippen molar-refractivity contribution in [2.24, 2.45) is 5.92 Å². The smallest absolute Gasteiger partial charge is 0.393 e. The molecule has 1 aromatic carbocycles. The molecule has 1 amide bonds. The maximum Gasteiger partial charge on any atom is 0.393 e. The number of ketones is 1. The molecule has 1 saturated carbocycles. The number of amides is 1. The second-order valence-corrected chi connectivity index (χ2v) is 6.61. The minimum atomic E-state index is -4.29. The molecule has 1 fully saturated rings. The summed E-state index contributed by atoms with van der Waals surface area (Å²) in [4.78, 5) is 24.1. The van der Waals surface area contributed by atoms with Gasteiger partial charge in [-0.2, -0.15) is 13.2 Å². The highest BCUT2D eigenvalue weighted by molar-refractivity contribution is 5.96. The van der Waals surface area contributed by atoms with Crippen molar-refractivity contribution in [2.45, 2.75) is 57.2 Å². The first-order chi connectivity index (χ1) is 12.3. The minimum Gasteiger partial charge on any atom is -0.497 e. The fraction of sp³-hybridized carbons (Fsp3) is 0.579. The first-order valence-corrected chi connectivity index (χ1v) is 8.84. The zero-order chi connectivity index (χ0) is 19.2. The molecule has 2 rings (SSSR count). The van der Waals surface area contributed by atoms with Gasteiger partial charge in [-0.1, -0.05) is 12.8 Å². The summed E-state index contributed by atoms with van der Waals surface area (Å²) in [6, 6.07) is 5.81. The van der Waals surface area contributed by atoms with Crippen LogP contribution in [0.25, 0.3) is 0 Å². The fourth-order valence-corrected chi connectivity index (χ4v) is 3.31.